The van der Waals surface area contributed by atoms with Crippen LogP contribution in [0.3, 0.4) is 0 Å². The van der Waals surface area contributed by atoms with Crippen molar-refractivity contribution in [3.8, 4) is 0 Å². The summed E-state index contributed by atoms with van der Waals surface area (Å²) in [5.41, 5.74) is 6.34. The standard InChI is InChI=1S/C7H12N2.C2H6/c1-4-5-7(8)9-6(2)3;1-2/h4-5H,1,8H2,2-3H3;1-2H3/b7-5-;. The first-order valence-electron chi connectivity index (χ1n) is 3.77. The predicted molar refractivity (Wildman–Crippen MR) is 52.6 cm³/mol. The Morgan fingerprint density at radius 3 is 2.09 bits per heavy atom. The summed E-state index contributed by atoms with van der Waals surface area (Å²) < 4.78 is 0. The van der Waals surface area contributed by atoms with E-state index in [0.29, 0.717) is 5.82 Å². The highest BCUT2D eigenvalue weighted by Crippen LogP contribution is 1.87. The molecule has 0 aromatic rings. The number of hydrogen-bond acceptors (Lipinski definition) is 2. The van der Waals surface area contributed by atoms with Gasteiger partial charge in [-0.2, -0.15) is 0 Å². The molecule has 0 aromatic heterocycles. The van der Waals surface area contributed by atoms with Crippen LogP contribution in [0.1, 0.15) is 27.7 Å². The molecular formula is C9H18N2. The molecule has 0 aromatic carbocycles. The summed E-state index contributed by atoms with van der Waals surface area (Å²) in [7, 11) is 0. The van der Waals surface area contributed by atoms with E-state index in [4.69, 9.17) is 5.73 Å². The van der Waals surface area contributed by atoms with Crippen LogP contribution in [0.2, 0.25) is 0 Å². The Morgan fingerprint density at radius 2 is 1.82 bits per heavy atom. The first-order chi connectivity index (χ1) is 5.16. The first kappa shape index (κ1) is 12.6. The van der Waals surface area contributed by atoms with E-state index in [1.165, 1.54) is 0 Å². The molecule has 0 aliphatic heterocycles. The van der Waals surface area contributed by atoms with Crippen LogP contribution in [-0.4, -0.2) is 5.71 Å². The molecule has 0 saturated heterocycles. The van der Waals surface area contributed by atoms with Crippen molar-refractivity contribution in [1.82, 2.24) is 0 Å². The van der Waals surface area contributed by atoms with Crippen LogP contribution in [0.4, 0.5) is 0 Å². The Morgan fingerprint density at radius 1 is 1.36 bits per heavy atom. The van der Waals surface area contributed by atoms with Crippen molar-refractivity contribution < 1.29 is 0 Å². The summed E-state index contributed by atoms with van der Waals surface area (Å²) in [6, 6.07) is 0. The zero-order valence-electron chi connectivity index (χ0n) is 7.89. The van der Waals surface area contributed by atoms with Crippen molar-refractivity contribution in [2.45, 2.75) is 27.7 Å². The molecule has 11 heavy (non-hydrogen) atoms. The molecule has 0 rings (SSSR count). The van der Waals surface area contributed by atoms with E-state index in [9.17, 15) is 0 Å². The van der Waals surface area contributed by atoms with Crippen LogP contribution in [0.25, 0.3) is 0 Å². The lowest BCUT2D eigenvalue weighted by Crippen LogP contribution is -1.94. The maximum atomic E-state index is 5.39. The Kier molecular flexibility index (Phi) is 10.3. The summed E-state index contributed by atoms with van der Waals surface area (Å²) >= 11 is 0. The van der Waals surface area contributed by atoms with E-state index in [1.54, 1.807) is 12.2 Å². The highest BCUT2D eigenvalue weighted by Gasteiger charge is 1.79. The van der Waals surface area contributed by atoms with Gasteiger partial charge in [0.15, 0.2) is 0 Å². The minimum atomic E-state index is 0.505. The van der Waals surface area contributed by atoms with E-state index < -0.39 is 0 Å². The normalized spacial score (nSPS) is 9.27. The third-order valence-corrected chi connectivity index (χ3v) is 0.641. The molecule has 0 heterocycles. The van der Waals surface area contributed by atoms with Gasteiger partial charge in [-0.25, -0.2) is 4.99 Å². The fourth-order valence-corrected chi connectivity index (χ4v) is 0.416. The second-order valence-electron chi connectivity index (χ2n) is 1.89. The van der Waals surface area contributed by atoms with E-state index >= 15 is 0 Å². The Hall–Kier alpha value is -1.05. The molecule has 2 heteroatoms. The van der Waals surface area contributed by atoms with Crippen molar-refractivity contribution in [1.29, 1.82) is 0 Å². The largest absolute Gasteiger partial charge is 0.384 e. The summed E-state index contributed by atoms with van der Waals surface area (Å²) in [4.78, 5) is 3.95. The van der Waals surface area contributed by atoms with Gasteiger partial charge in [-0.05, 0) is 19.9 Å². The van der Waals surface area contributed by atoms with Gasteiger partial charge in [0.2, 0.25) is 0 Å². The number of nitrogens with zero attached hydrogens (tertiary/aromatic N) is 1. The average Bonchev–Trinajstić information content (AvgIpc) is 1.91. The molecule has 0 saturated carbocycles. The number of nitrogens with two attached hydrogens (primary N) is 1. The lowest BCUT2D eigenvalue weighted by atomic mass is 10.5. The second kappa shape index (κ2) is 8.95. The number of hydrogen-bond donors (Lipinski definition) is 1. The number of rotatable bonds is 2. The highest BCUT2D eigenvalue weighted by atomic mass is 14.9. The molecule has 0 radical (unpaired) electrons. The zero-order valence-corrected chi connectivity index (χ0v) is 7.89. The van der Waals surface area contributed by atoms with Crippen molar-refractivity contribution in [3.05, 3.63) is 24.6 Å². The van der Waals surface area contributed by atoms with Gasteiger partial charge in [0.05, 0.1) is 0 Å². The van der Waals surface area contributed by atoms with Gasteiger partial charge in [-0.15, -0.1) is 0 Å². The van der Waals surface area contributed by atoms with Gasteiger partial charge >= 0.3 is 0 Å². The fourth-order valence-electron chi connectivity index (χ4n) is 0.416. The van der Waals surface area contributed by atoms with E-state index in [1.807, 2.05) is 27.7 Å². The summed E-state index contributed by atoms with van der Waals surface area (Å²) in [6.45, 7) is 11.3. The molecule has 0 amide bonds. The Bertz CT molecular complexity index is 151. The second-order valence-corrected chi connectivity index (χ2v) is 1.89. The van der Waals surface area contributed by atoms with Crippen molar-refractivity contribution in [2.75, 3.05) is 0 Å². The van der Waals surface area contributed by atoms with Crippen LogP contribution < -0.4 is 5.73 Å². The van der Waals surface area contributed by atoms with Crippen LogP contribution in [0, 0.1) is 0 Å². The molecule has 0 spiro atoms. The molecule has 2 N–H and O–H groups in total. The highest BCUT2D eigenvalue weighted by molar-refractivity contribution is 5.80. The zero-order chi connectivity index (χ0) is 9.28. The summed E-state index contributed by atoms with van der Waals surface area (Å²) in [6.07, 6.45) is 3.27. The first-order valence-corrected chi connectivity index (χ1v) is 3.77. The Labute approximate surface area is 69.5 Å². The smallest absolute Gasteiger partial charge is 0.123 e. The number of aliphatic imine (C=N–C) groups is 1. The van der Waals surface area contributed by atoms with E-state index in [0.717, 1.165) is 5.71 Å². The van der Waals surface area contributed by atoms with Crippen LogP contribution in [0.5, 0.6) is 0 Å². The molecule has 0 fully saturated rings. The maximum absolute atomic E-state index is 5.39. The SMILES string of the molecule is C=C/C=C(/N)N=C(C)C.CC. The van der Waals surface area contributed by atoms with Gasteiger partial charge in [-0.1, -0.05) is 26.5 Å². The van der Waals surface area contributed by atoms with Crippen LogP contribution in [-0.2, 0) is 0 Å². The Balaban J connectivity index is 0. The molecule has 0 aliphatic carbocycles. The summed E-state index contributed by atoms with van der Waals surface area (Å²) in [5, 5.41) is 0. The van der Waals surface area contributed by atoms with Gasteiger partial charge in [0.25, 0.3) is 0 Å². The molecule has 0 bridgehead atoms. The van der Waals surface area contributed by atoms with Crippen LogP contribution in [0.15, 0.2) is 29.5 Å². The fraction of sp³-hybridized carbons (Fsp3) is 0.444. The van der Waals surface area contributed by atoms with Crippen molar-refractivity contribution in [2.24, 2.45) is 10.7 Å². The van der Waals surface area contributed by atoms with Crippen molar-refractivity contribution in [3.63, 3.8) is 0 Å². The molecule has 0 aliphatic rings. The predicted octanol–water partition coefficient (Wildman–Crippen LogP) is 2.48. The topological polar surface area (TPSA) is 38.4 Å². The van der Waals surface area contributed by atoms with E-state index in [-0.39, 0.29) is 0 Å². The van der Waals surface area contributed by atoms with Crippen LogP contribution >= 0.6 is 0 Å². The minimum Gasteiger partial charge on any atom is -0.384 e. The van der Waals surface area contributed by atoms with Gasteiger partial charge in [0.1, 0.15) is 5.82 Å². The van der Waals surface area contributed by atoms with E-state index in [2.05, 4.69) is 11.6 Å². The average molecular weight is 154 g/mol. The molecule has 2 nitrogen and oxygen atoms in total. The quantitative estimate of drug-likeness (QED) is 0.481. The van der Waals surface area contributed by atoms with Gasteiger partial charge < -0.3 is 5.73 Å². The number of allylic oxidation sites excluding steroid dienone is 2. The lowest BCUT2D eigenvalue weighted by molar-refractivity contribution is 1.23. The molecule has 64 valence electrons. The monoisotopic (exact) mass is 154 g/mol. The third-order valence-electron chi connectivity index (χ3n) is 0.641. The molecule has 0 atom stereocenters. The van der Waals surface area contributed by atoms with Gasteiger partial charge in [0, 0.05) is 5.71 Å². The molecule has 0 unspecified atom stereocenters. The summed E-state index contributed by atoms with van der Waals surface area (Å²) in [5.74, 6) is 0.505. The molecular weight excluding hydrogens is 136 g/mol. The minimum absolute atomic E-state index is 0.505. The third kappa shape index (κ3) is 12.2. The lowest BCUT2D eigenvalue weighted by Gasteiger charge is -1.89. The van der Waals surface area contributed by atoms with Gasteiger partial charge in [-0.3, -0.25) is 0 Å². The van der Waals surface area contributed by atoms with Crippen molar-refractivity contribution >= 4 is 5.71 Å². The maximum Gasteiger partial charge on any atom is 0.123 e.